The van der Waals surface area contributed by atoms with E-state index in [2.05, 4.69) is 26.1 Å². The highest BCUT2D eigenvalue weighted by atomic mass is 16.2. The summed E-state index contributed by atoms with van der Waals surface area (Å²) in [5.41, 5.74) is 0.395. The highest BCUT2D eigenvalue weighted by Crippen LogP contribution is 2.16. The van der Waals surface area contributed by atoms with Crippen molar-refractivity contribution in [3.8, 4) is 0 Å². The van der Waals surface area contributed by atoms with E-state index >= 15 is 0 Å². The molecule has 0 aliphatic carbocycles. The molecular weight excluding hydrogens is 188 g/mol. The minimum Gasteiger partial charge on any atom is -0.349 e. The molecule has 0 aliphatic rings. The summed E-state index contributed by atoms with van der Waals surface area (Å²) in [6.45, 7) is 8.70. The topological polar surface area (TPSA) is 32.3 Å². The van der Waals surface area contributed by atoms with Crippen LogP contribution in [0.15, 0.2) is 0 Å². The molecule has 3 nitrogen and oxygen atoms in total. The second kappa shape index (κ2) is 6.83. The Morgan fingerprint density at radius 3 is 2.27 bits per heavy atom. The van der Waals surface area contributed by atoms with Crippen LogP contribution in [0.4, 0.5) is 0 Å². The summed E-state index contributed by atoms with van der Waals surface area (Å²) in [6, 6.07) is 0. The fraction of sp³-hybridized carbons (Fsp3) is 0.917. The van der Waals surface area contributed by atoms with Crippen LogP contribution in [0.1, 0.15) is 40.0 Å². The minimum absolute atomic E-state index is 0.215. The summed E-state index contributed by atoms with van der Waals surface area (Å²) in [7, 11) is 3.60. The summed E-state index contributed by atoms with van der Waals surface area (Å²) in [5.74, 6) is 0.215. The first-order valence-electron chi connectivity index (χ1n) is 5.74. The molecular formula is C12H26N2O. The van der Waals surface area contributed by atoms with Crippen LogP contribution in [0.25, 0.3) is 0 Å². The van der Waals surface area contributed by atoms with E-state index in [4.69, 9.17) is 0 Å². The number of nitrogens with one attached hydrogen (secondary N) is 1. The zero-order valence-electron chi connectivity index (χ0n) is 10.9. The van der Waals surface area contributed by atoms with Gasteiger partial charge >= 0.3 is 0 Å². The van der Waals surface area contributed by atoms with E-state index in [-0.39, 0.29) is 5.91 Å². The maximum atomic E-state index is 11.2. The first-order chi connectivity index (χ1) is 6.83. The second-order valence-corrected chi connectivity index (χ2v) is 5.45. The van der Waals surface area contributed by atoms with Crippen molar-refractivity contribution in [3.05, 3.63) is 0 Å². The zero-order chi connectivity index (χ0) is 11.9. The molecule has 0 radical (unpaired) electrons. The Balaban J connectivity index is 3.30. The third-order valence-electron chi connectivity index (χ3n) is 2.29. The van der Waals surface area contributed by atoms with Gasteiger partial charge in [0.1, 0.15) is 0 Å². The van der Waals surface area contributed by atoms with Gasteiger partial charge in [0.15, 0.2) is 0 Å². The number of nitrogens with zero attached hydrogens (tertiary/aromatic N) is 1. The Kier molecular flexibility index (Phi) is 6.57. The number of hydrogen-bond donors (Lipinski definition) is 1. The van der Waals surface area contributed by atoms with Gasteiger partial charge in [-0.1, -0.05) is 20.8 Å². The van der Waals surface area contributed by atoms with E-state index in [1.807, 2.05) is 0 Å². The van der Waals surface area contributed by atoms with Gasteiger partial charge in [-0.15, -0.1) is 0 Å². The fourth-order valence-electron chi connectivity index (χ4n) is 1.18. The zero-order valence-corrected chi connectivity index (χ0v) is 10.9. The molecule has 0 rings (SSSR count). The molecule has 3 heteroatoms. The van der Waals surface area contributed by atoms with E-state index in [1.165, 1.54) is 6.42 Å². The van der Waals surface area contributed by atoms with Gasteiger partial charge in [0.2, 0.25) is 5.91 Å². The van der Waals surface area contributed by atoms with Crippen molar-refractivity contribution in [2.45, 2.75) is 40.0 Å². The van der Waals surface area contributed by atoms with Crippen molar-refractivity contribution in [1.82, 2.24) is 10.2 Å². The lowest BCUT2D eigenvalue weighted by atomic mass is 9.92. The standard InChI is InChI=1S/C12H26N2O/c1-12(2,3)8-10-13-9-6-7-11(15)14(4)5/h13H,6-10H2,1-5H3. The van der Waals surface area contributed by atoms with Crippen LogP contribution in [0, 0.1) is 5.41 Å². The molecule has 0 aromatic heterocycles. The Morgan fingerprint density at radius 1 is 1.20 bits per heavy atom. The van der Waals surface area contributed by atoms with Crippen LogP contribution >= 0.6 is 0 Å². The van der Waals surface area contributed by atoms with Crippen LogP contribution in [0.5, 0.6) is 0 Å². The van der Waals surface area contributed by atoms with Gasteiger partial charge in [0.25, 0.3) is 0 Å². The molecule has 0 aromatic rings. The summed E-state index contributed by atoms with van der Waals surface area (Å²) >= 11 is 0. The Hall–Kier alpha value is -0.570. The Bertz CT molecular complexity index is 183. The molecule has 0 aliphatic heterocycles. The van der Waals surface area contributed by atoms with Gasteiger partial charge in [-0.05, 0) is 31.3 Å². The first kappa shape index (κ1) is 14.4. The Morgan fingerprint density at radius 2 is 1.80 bits per heavy atom. The van der Waals surface area contributed by atoms with Crippen molar-refractivity contribution >= 4 is 5.91 Å². The second-order valence-electron chi connectivity index (χ2n) is 5.45. The molecule has 90 valence electrons. The van der Waals surface area contributed by atoms with Crippen LogP contribution in [-0.4, -0.2) is 38.0 Å². The predicted octanol–water partition coefficient (Wildman–Crippen LogP) is 1.88. The summed E-state index contributed by atoms with van der Waals surface area (Å²) in [4.78, 5) is 12.9. The van der Waals surface area contributed by atoms with Crippen molar-refractivity contribution < 1.29 is 4.79 Å². The van der Waals surface area contributed by atoms with E-state index < -0.39 is 0 Å². The fourth-order valence-corrected chi connectivity index (χ4v) is 1.18. The highest BCUT2D eigenvalue weighted by Gasteiger charge is 2.08. The molecule has 1 amide bonds. The summed E-state index contributed by atoms with van der Waals surface area (Å²) in [5, 5.41) is 3.37. The van der Waals surface area contributed by atoms with Crippen molar-refractivity contribution in [3.63, 3.8) is 0 Å². The summed E-state index contributed by atoms with van der Waals surface area (Å²) < 4.78 is 0. The molecule has 0 heterocycles. The molecule has 15 heavy (non-hydrogen) atoms. The average Bonchev–Trinajstić information content (AvgIpc) is 2.08. The smallest absolute Gasteiger partial charge is 0.222 e. The molecule has 0 unspecified atom stereocenters. The normalized spacial score (nSPS) is 11.5. The molecule has 1 N–H and O–H groups in total. The maximum absolute atomic E-state index is 11.2. The largest absolute Gasteiger partial charge is 0.349 e. The van der Waals surface area contributed by atoms with Gasteiger partial charge in [-0.3, -0.25) is 4.79 Å². The number of carbonyl (C=O) groups is 1. The molecule has 0 bridgehead atoms. The molecule has 0 saturated heterocycles. The van der Waals surface area contributed by atoms with Crippen LogP contribution < -0.4 is 5.32 Å². The van der Waals surface area contributed by atoms with E-state index in [1.54, 1.807) is 19.0 Å². The van der Waals surface area contributed by atoms with E-state index in [0.717, 1.165) is 19.5 Å². The number of amides is 1. The van der Waals surface area contributed by atoms with Crippen LogP contribution in [-0.2, 0) is 4.79 Å². The number of carbonyl (C=O) groups excluding carboxylic acids is 1. The summed E-state index contributed by atoms with van der Waals surface area (Å²) in [6.07, 6.45) is 2.76. The minimum atomic E-state index is 0.215. The molecule has 0 fully saturated rings. The van der Waals surface area contributed by atoms with Crippen molar-refractivity contribution in [2.24, 2.45) is 5.41 Å². The van der Waals surface area contributed by atoms with Gasteiger partial charge in [-0.25, -0.2) is 0 Å². The Labute approximate surface area is 94.2 Å². The average molecular weight is 214 g/mol. The van der Waals surface area contributed by atoms with Crippen molar-refractivity contribution in [2.75, 3.05) is 27.2 Å². The quantitative estimate of drug-likeness (QED) is 0.685. The monoisotopic (exact) mass is 214 g/mol. The lowest BCUT2D eigenvalue weighted by Crippen LogP contribution is -2.25. The van der Waals surface area contributed by atoms with Gasteiger partial charge in [0, 0.05) is 20.5 Å². The predicted molar refractivity (Wildman–Crippen MR) is 64.9 cm³/mol. The third kappa shape index (κ3) is 9.73. The lowest BCUT2D eigenvalue weighted by molar-refractivity contribution is -0.128. The van der Waals surface area contributed by atoms with Crippen LogP contribution in [0.2, 0.25) is 0 Å². The van der Waals surface area contributed by atoms with E-state index in [9.17, 15) is 4.79 Å². The number of hydrogen-bond acceptors (Lipinski definition) is 2. The van der Waals surface area contributed by atoms with Crippen LogP contribution in [0.3, 0.4) is 0 Å². The lowest BCUT2D eigenvalue weighted by Gasteiger charge is -2.18. The molecule has 0 aromatic carbocycles. The third-order valence-corrected chi connectivity index (χ3v) is 2.29. The van der Waals surface area contributed by atoms with Gasteiger partial charge in [-0.2, -0.15) is 0 Å². The number of rotatable bonds is 6. The maximum Gasteiger partial charge on any atom is 0.222 e. The van der Waals surface area contributed by atoms with Gasteiger partial charge in [0.05, 0.1) is 0 Å². The highest BCUT2D eigenvalue weighted by molar-refractivity contribution is 5.75. The molecule has 0 saturated carbocycles. The SMILES string of the molecule is CN(C)C(=O)CCCNCCC(C)(C)C. The molecule has 0 spiro atoms. The van der Waals surface area contributed by atoms with Gasteiger partial charge < -0.3 is 10.2 Å². The molecule has 0 atom stereocenters. The van der Waals surface area contributed by atoms with E-state index in [0.29, 0.717) is 11.8 Å². The van der Waals surface area contributed by atoms with Crippen molar-refractivity contribution in [1.29, 1.82) is 0 Å². The first-order valence-corrected chi connectivity index (χ1v) is 5.74.